The maximum Gasteiger partial charge on any atom is 1.00 e. The van der Waals surface area contributed by atoms with Crippen LogP contribution in [0, 0.1) is 18.3 Å². The number of carbonyl (C=O) groups is 2. The molecule has 2 amide bonds. The molecule has 160 valence electrons. The Hall–Kier alpha value is -1.52. The summed E-state index contributed by atoms with van der Waals surface area (Å²) in [5.74, 6) is -1.20. The Morgan fingerprint density at radius 2 is 1.68 bits per heavy atom. The molecule has 0 bridgehead atoms. The van der Waals surface area contributed by atoms with E-state index in [1.54, 1.807) is 6.92 Å². The summed E-state index contributed by atoms with van der Waals surface area (Å²) < 4.78 is 0. The van der Waals surface area contributed by atoms with Gasteiger partial charge < -0.3 is 10.4 Å². The van der Waals surface area contributed by atoms with E-state index in [0.29, 0.717) is 6.42 Å². The average molecular weight is 448 g/mol. The van der Waals surface area contributed by atoms with Gasteiger partial charge in [-0.2, -0.15) is 0 Å². The minimum atomic E-state index is -1.15. The monoisotopic (exact) mass is 448 g/mol. The van der Waals surface area contributed by atoms with E-state index in [4.69, 9.17) is 0 Å². The van der Waals surface area contributed by atoms with E-state index in [1.165, 1.54) is 16.2 Å². The molecule has 2 aromatic carbocycles. The van der Waals surface area contributed by atoms with Gasteiger partial charge in [0.25, 0.3) is 5.91 Å². The Labute approximate surface area is 209 Å². The first kappa shape index (κ1) is 27.5. The van der Waals surface area contributed by atoms with Crippen molar-refractivity contribution >= 4 is 37.0 Å². The molecule has 1 N–H and O–H groups in total. The molecule has 7 heteroatoms. The second-order valence-electron chi connectivity index (χ2n) is 7.50. The third-order valence-electron chi connectivity index (χ3n) is 5.53. The van der Waals surface area contributed by atoms with E-state index >= 15 is 0 Å². The van der Waals surface area contributed by atoms with Crippen molar-refractivity contribution in [3.05, 3.63) is 60.2 Å². The fourth-order valence-electron chi connectivity index (χ4n) is 3.69. The van der Waals surface area contributed by atoms with Gasteiger partial charge in [0.1, 0.15) is 5.41 Å². The van der Waals surface area contributed by atoms with Gasteiger partial charge in [-0.05, 0) is 41.9 Å². The number of amides is 2. The van der Waals surface area contributed by atoms with E-state index < -0.39 is 23.3 Å². The van der Waals surface area contributed by atoms with Crippen molar-refractivity contribution in [2.24, 2.45) is 16.3 Å². The molecule has 5 nitrogen and oxygen atoms in total. The van der Waals surface area contributed by atoms with Gasteiger partial charge >= 0.3 is 29.6 Å². The largest absolute Gasteiger partial charge is 1.00 e. The smallest absolute Gasteiger partial charge is 0.846 e. The minimum Gasteiger partial charge on any atom is -0.846 e. The molecule has 0 aromatic heterocycles. The first-order valence-electron chi connectivity index (χ1n) is 10.3. The molecule has 3 atom stereocenters. The van der Waals surface area contributed by atoms with Gasteiger partial charge in [0, 0.05) is 0 Å². The predicted octanol–water partition coefficient (Wildman–Crippen LogP) is -0.180. The zero-order chi connectivity index (χ0) is 22.1. The molecule has 2 aromatic rings. The van der Waals surface area contributed by atoms with Crippen LogP contribution in [0.15, 0.2) is 59.6 Å². The van der Waals surface area contributed by atoms with Gasteiger partial charge in [0.2, 0.25) is 5.91 Å². The molecule has 1 heterocycles. The number of nitrogens with one attached hydrogen (secondary N) is 1. The number of aryl methyl sites for hydroxylation is 1. The van der Waals surface area contributed by atoms with Crippen LogP contribution in [0.5, 0.6) is 0 Å². The first-order chi connectivity index (χ1) is 14.3. The van der Waals surface area contributed by atoms with E-state index in [1.807, 2.05) is 13.8 Å². The quantitative estimate of drug-likeness (QED) is 0.378. The Kier molecular flexibility index (Phi) is 11.6. The van der Waals surface area contributed by atoms with Crippen LogP contribution in [0.3, 0.4) is 0 Å². The SMILES string of the molecule is CCCC(C)C1(CC)C(=O)N=C([O-])NC1=O.Cc1ccccc1Pc1ccccc1.[Na+]. The molecule has 0 saturated heterocycles. The number of benzene rings is 2. The van der Waals surface area contributed by atoms with Crippen molar-refractivity contribution in [3.63, 3.8) is 0 Å². The fraction of sp³-hybridized carbons (Fsp3) is 0.375. The minimum absolute atomic E-state index is 0. The maximum atomic E-state index is 11.9. The van der Waals surface area contributed by atoms with Crippen LogP contribution < -0.4 is 50.6 Å². The molecule has 0 spiro atoms. The van der Waals surface area contributed by atoms with Gasteiger partial charge in [0.15, 0.2) is 0 Å². The van der Waals surface area contributed by atoms with Crippen LogP contribution in [0.1, 0.15) is 45.6 Å². The number of aliphatic imine (C=N–C) groups is 1. The van der Waals surface area contributed by atoms with Crippen molar-refractivity contribution in [2.45, 2.75) is 47.0 Å². The van der Waals surface area contributed by atoms with Crippen molar-refractivity contribution in [1.29, 1.82) is 0 Å². The molecule has 0 radical (unpaired) electrons. The molecule has 3 rings (SSSR count). The summed E-state index contributed by atoms with van der Waals surface area (Å²) in [5.41, 5.74) is 0.235. The van der Waals surface area contributed by atoms with Crippen LogP contribution in [0.4, 0.5) is 0 Å². The van der Waals surface area contributed by atoms with Crippen LogP contribution in [-0.2, 0) is 9.59 Å². The maximum absolute atomic E-state index is 11.9. The summed E-state index contributed by atoms with van der Waals surface area (Å²) >= 11 is 0. The zero-order valence-electron chi connectivity index (χ0n) is 19.1. The molecule has 1 aliphatic heterocycles. The third-order valence-corrected chi connectivity index (χ3v) is 6.98. The number of carbonyl (C=O) groups excluding carboxylic acids is 2. The summed E-state index contributed by atoms with van der Waals surface area (Å²) in [4.78, 5) is 27.1. The number of hydrogen-bond donors (Lipinski definition) is 1. The van der Waals surface area contributed by atoms with E-state index in [0.717, 1.165) is 21.4 Å². The Balaban J connectivity index is 0.000000302. The van der Waals surface area contributed by atoms with E-state index in [2.05, 4.69) is 71.8 Å². The molecule has 0 aliphatic carbocycles. The molecule has 31 heavy (non-hydrogen) atoms. The molecular weight excluding hydrogens is 418 g/mol. The number of rotatable bonds is 6. The standard InChI is InChI=1S/C13H13P.C11H18N2O3.Na/c1-11-7-5-6-10-13(11)14-12-8-3-2-4-9-12;1-4-6-7(3)11(5-2)8(14)12-10(16)13-9(11)15;/h2-10,14H,1H3;7H,4-6H2,1-3H3,(H2,12,13,14,15,16);/q;;+1/p-1. The first-order valence-corrected chi connectivity index (χ1v) is 11.3. The van der Waals surface area contributed by atoms with Gasteiger partial charge in [-0.1, -0.05) is 90.4 Å². The molecule has 3 unspecified atom stereocenters. The average Bonchev–Trinajstić information content (AvgIpc) is 2.71. The van der Waals surface area contributed by atoms with Crippen LogP contribution >= 0.6 is 8.58 Å². The summed E-state index contributed by atoms with van der Waals surface area (Å²) in [6.07, 6.45) is 2.02. The Morgan fingerprint density at radius 3 is 2.23 bits per heavy atom. The van der Waals surface area contributed by atoms with Gasteiger partial charge in [-0.15, -0.1) is 0 Å². The summed E-state index contributed by atoms with van der Waals surface area (Å²) in [6.45, 7) is 7.80. The topological polar surface area (TPSA) is 81.6 Å². The van der Waals surface area contributed by atoms with Crippen molar-refractivity contribution in [2.75, 3.05) is 0 Å². The van der Waals surface area contributed by atoms with Crippen LogP contribution in [0.25, 0.3) is 0 Å². The third kappa shape index (κ3) is 6.98. The number of hydrogen-bond acceptors (Lipinski definition) is 3. The summed E-state index contributed by atoms with van der Waals surface area (Å²) in [5, 5.41) is 15.9. The van der Waals surface area contributed by atoms with Crippen LogP contribution in [-0.4, -0.2) is 17.8 Å². The van der Waals surface area contributed by atoms with E-state index in [-0.39, 0.29) is 35.5 Å². The normalized spacial score (nSPS) is 19.0. The predicted molar refractivity (Wildman–Crippen MR) is 123 cm³/mol. The summed E-state index contributed by atoms with van der Waals surface area (Å²) in [7, 11) is 0.776. The molecule has 0 saturated carbocycles. The fourth-order valence-corrected chi connectivity index (χ4v) is 4.82. The van der Waals surface area contributed by atoms with E-state index in [9.17, 15) is 14.7 Å². The van der Waals surface area contributed by atoms with Crippen LogP contribution in [0.2, 0.25) is 0 Å². The molecular formula is C24H30N2NaO3P. The van der Waals surface area contributed by atoms with Crippen molar-refractivity contribution < 1.29 is 44.3 Å². The van der Waals surface area contributed by atoms with Gasteiger partial charge in [-0.25, -0.2) is 4.99 Å². The zero-order valence-corrected chi connectivity index (χ0v) is 22.1. The Bertz CT molecular complexity index is 905. The van der Waals surface area contributed by atoms with Gasteiger partial charge in [0.05, 0.1) is 6.02 Å². The second kappa shape index (κ2) is 13.1. The van der Waals surface area contributed by atoms with Gasteiger partial charge in [-0.3, -0.25) is 9.59 Å². The second-order valence-corrected chi connectivity index (χ2v) is 8.86. The number of nitrogens with zero attached hydrogens (tertiary/aromatic N) is 1. The van der Waals surface area contributed by atoms with Crippen molar-refractivity contribution in [1.82, 2.24) is 5.32 Å². The molecule has 0 fully saturated rings. The van der Waals surface area contributed by atoms with Crippen molar-refractivity contribution in [3.8, 4) is 0 Å². The summed E-state index contributed by atoms with van der Waals surface area (Å²) in [6, 6.07) is 18.4. The number of amidine groups is 1. The molecule has 1 aliphatic rings. The Morgan fingerprint density at radius 1 is 1.06 bits per heavy atom.